The first kappa shape index (κ1) is 18.0. The van der Waals surface area contributed by atoms with Gasteiger partial charge in [0, 0.05) is 0 Å². The second-order valence-electron chi connectivity index (χ2n) is 4.93. The molecule has 6 heteroatoms. The molecule has 124 valence electrons. The van der Waals surface area contributed by atoms with Crippen LogP contribution in [0.1, 0.15) is 12.5 Å². The number of amides is 1. The molecule has 0 aromatic heterocycles. The third-order valence-electron chi connectivity index (χ3n) is 2.93. The van der Waals surface area contributed by atoms with Crippen molar-refractivity contribution in [3.63, 3.8) is 0 Å². The summed E-state index contributed by atoms with van der Waals surface area (Å²) in [6.07, 6.45) is 3.52. The summed E-state index contributed by atoms with van der Waals surface area (Å²) in [4.78, 5) is 11.7. The zero-order valence-electron chi connectivity index (χ0n) is 13.0. The number of carbonyl (C=O) groups is 1. The van der Waals surface area contributed by atoms with Crippen LogP contribution in [0.15, 0.2) is 59.2 Å². The van der Waals surface area contributed by atoms with Gasteiger partial charge in [-0.3, -0.25) is 4.79 Å². The molecule has 2 aromatic rings. The Morgan fingerprint density at radius 2 is 1.92 bits per heavy atom. The fraction of sp³-hybridized carbons (Fsp3) is 0.111. The molecule has 2 aromatic carbocycles. The van der Waals surface area contributed by atoms with E-state index >= 15 is 0 Å². The highest BCUT2D eigenvalue weighted by Gasteiger charge is 2.07. The molecule has 4 nitrogen and oxygen atoms in total. The number of benzene rings is 2. The Kier molecular flexibility index (Phi) is 6.85. The predicted octanol–water partition coefficient (Wildman–Crippen LogP) is 4.58. The number of allylic oxidation sites excluding steroid dienone is 1. The summed E-state index contributed by atoms with van der Waals surface area (Å²) in [5.74, 6) is -0.0433. The summed E-state index contributed by atoms with van der Waals surface area (Å²) in [6, 6.07) is 14.8. The maximum Gasteiger partial charge on any atom is 0.277 e. The largest absolute Gasteiger partial charge is 0.482 e. The van der Waals surface area contributed by atoms with E-state index in [0.717, 1.165) is 11.1 Å². The zero-order chi connectivity index (χ0) is 17.4. The molecule has 0 saturated heterocycles. The first-order valence-corrected chi connectivity index (χ1v) is 7.94. The molecule has 0 aliphatic carbocycles. The van der Waals surface area contributed by atoms with Gasteiger partial charge in [-0.05, 0) is 30.2 Å². The molecule has 1 amide bonds. The predicted molar refractivity (Wildman–Crippen MR) is 98.7 cm³/mol. The lowest BCUT2D eigenvalue weighted by Gasteiger charge is -2.07. The molecule has 24 heavy (non-hydrogen) atoms. The molecule has 1 N–H and O–H groups in total. The van der Waals surface area contributed by atoms with Gasteiger partial charge in [0.05, 0.1) is 11.2 Å². The zero-order valence-corrected chi connectivity index (χ0v) is 14.5. The summed E-state index contributed by atoms with van der Waals surface area (Å²) in [5, 5.41) is 4.53. The van der Waals surface area contributed by atoms with E-state index in [1.54, 1.807) is 24.4 Å². The van der Waals surface area contributed by atoms with Crippen molar-refractivity contribution in [2.75, 3.05) is 6.61 Å². The van der Waals surface area contributed by atoms with Crippen molar-refractivity contribution < 1.29 is 9.53 Å². The molecule has 0 atom stereocenters. The van der Waals surface area contributed by atoms with Crippen LogP contribution in [0.5, 0.6) is 5.75 Å². The van der Waals surface area contributed by atoms with Crippen molar-refractivity contribution in [2.24, 2.45) is 5.10 Å². The van der Waals surface area contributed by atoms with Gasteiger partial charge in [0.15, 0.2) is 6.61 Å². The quantitative estimate of drug-likeness (QED) is 0.603. The topological polar surface area (TPSA) is 50.7 Å². The number of carbonyl (C=O) groups excluding carboxylic acids is 1. The number of nitrogens with one attached hydrogen (secondary N) is 1. The molecule has 0 aliphatic heterocycles. The lowest BCUT2D eigenvalue weighted by atomic mass is 10.1. The van der Waals surface area contributed by atoms with E-state index < -0.39 is 5.91 Å². The Morgan fingerprint density at radius 3 is 2.67 bits per heavy atom. The highest BCUT2D eigenvalue weighted by Crippen LogP contribution is 2.31. The van der Waals surface area contributed by atoms with E-state index in [1.807, 2.05) is 43.3 Å². The Hall–Kier alpha value is -2.30. The minimum atomic E-state index is -0.394. The van der Waals surface area contributed by atoms with Gasteiger partial charge in [-0.2, -0.15) is 5.10 Å². The molecular weight excluding hydrogens is 347 g/mol. The Labute approximate surface area is 150 Å². The van der Waals surface area contributed by atoms with Crippen LogP contribution < -0.4 is 10.2 Å². The molecule has 0 radical (unpaired) electrons. The first-order valence-electron chi connectivity index (χ1n) is 7.18. The average molecular weight is 363 g/mol. The number of nitrogens with zero attached hydrogens (tertiary/aromatic N) is 1. The van der Waals surface area contributed by atoms with Crippen molar-refractivity contribution in [3.8, 4) is 5.75 Å². The van der Waals surface area contributed by atoms with E-state index in [1.165, 1.54) is 0 Å². The minimum absolute atomic E-state index is 0.209. The number of rotatable bonds is 6. The molecule has 0 heterocycles. The molecule has 0 unspecified atom stereocenters. The van der Waals surface area contributed by atoms with Gasteiger partial charge in [0.25, 0.3) is 5.91 Å². The fourth-order valence-electron chi connectivity index (χ4n) is 1.83. The van der Waals surface area contributed by atoms with Crippen LogP contribution in [0.4, 0.5) is 0 Å². The van der Waals surface area contributed by atoms with Gasteiger partial charge in [-0.1, -0.05) is 65.7 Å². The van der Waals surface area contributed by atoms with Gasteiger partial charge in [0.2, 0.25) is 0 Å². The summed E-state index contributed by atoms with van der Waals surface area (Å²) in [7, 11) is 0. The first-order chi connectivity index (χ1) is 11.6. The van der Waals surface area contributed by atoms with Gasteiger partial charge in [-0.25, -0.2) is 5.43 Å². The molecule has 0 spiro atoms. The third kappa shape index (κ3) is 5.72. The van der Waals surface area contributed by atoms with Crippen LogP contribution in [0.25, 0.3) is 6.08 Å². The number of hydrogen-bond donors (Lipinski definition) is 1. The third-order valence-corrected chi connectivity index (χ3v) is 3.73. The van der Waals surface area contributed by atoms with Crippen LogP contribution >= 0.6 is 23.2 Å². The van der Waals surface area contributed by atoms with E-state index in [4.69, 9.17) is 27.9 Å². The van der Waals surface area contributed by atoms with Crippen molar-refractivity contribution in [1.29, 1.82) is 0 Å². The molecule has 0 bridgehead atoms. The van der Waals surface area contributed by atoms with Crippen molar-refractivity contribution in [2.45, 2.75) is 6.92 Å². The lowest BCUT2D eigenvalue weighted by Crippen LogP contribution is -2.24. The molecule has 2 rings (SSSR count). The Morgan fingerprint density at radius 1 is 1.17 bits per heavy atom. The lowest BCUT2D eigenvalue weighted by molar-refractivity contribution is -0.123. The summed E-state index contributed by atoms with van der Waals surface area (Å²) in [6.45, 7) is 1.68. The number of halogens is 2. The summed E-state index contributed by atoms with van der Waals surface area (Å²) >= 11 is 11.8. The van der Waals surface area contributed by atoms with Gasteiger partial charge in [0.1, 0.15) is 10.8 Å². The van der Waals surface area contributed by atoms with Crippen molar-refractivity contribution >= 4 is 41.4 Å². The fourth-order valence-corrected chi connectivity index (χ4v) is 2.17. The maximum atomic E-state index is 11.7. The standard InChI is InChI=1S/C18H16Cl2N2O2/c1-13(10-14-6-3-2-4-7-14)11-21-22-17(23)12-24-16-9-5-8-15(19)18(16)20/h2-11H,12H2,1H3,(H,22,23)/b13-10-,21-11+. The monoisotopic (exact) mass is 362 g/mol. The summed E-state index contributed by atoms with van der Waals surface area (Å²) < 4.78 is 5.32. The van der Waals surface area contributed by atoms with Crippen LogP contribution in [-0.4, -0.2) is 18.7 Å². The van der Waals surface area contributed by atoms with Gasteiger partial charge < -0.3 is 4.74 Å². The van der Waals surface area contributed by atoms with Crippen molar-refractivity contribution in [1.82, 2.24) is 5.43 Å². The highest BCUT2D eigenvalue weighted by atomic mass is 35.5. The Balaban J connectivity index is 1.82. The second-order valence-corrected chi connectivity index (χ2v) is 5.72. The Bertz CT molecular complexity index is 759. The maximum absolute atomic E-state index is 11.7. The smallest absolute Gasteiger partial charge is 0.277 e. The normalized spacial score (nSPS) is 11.5. The number of hydrogen-bond acceptors (Lipinski definition) is 3. The molecular formula is C18H16Cl2N2O2. The van der Waals surface area contributed by atoms with E-state index in [2.05, 4.69) is 10.5 Å². The number of ether oxygens (including phenoxy) is 1. The molecule has 0 aliphatic rings. The summed E-state index contributed by atoms with van der Waals surface area (Å²) in [5.41, 5.74) is 4.36. The van der Waals surface area contributed by atoms with Crippen LogP contribution in [-0.2, 0) is 4.79 Å². The SMILES string of the molecule is CC(=C/c1ccccc1)/C=N/NC(=O)COc1cccc(Cl)c1Cl. The van der Waals surface area contributed by atoms with Crippen molar-refractivity contribution in [3.05, 3.63) is 69.7 Å². The molecule has 0 saturated carbocycles. The van der Waals surface area contributed by atoms with E-state index in [0.29, 0.717) is 10.8 Å². The van der Waals surface area contributed by atoms with E-state index in [-0.39, 0.29) is 11.6 Å². The minimum Gasteiger partial charge on any atom is -0.482 e. The van der Waals surface area contributed by atoms with Gasteiger partial charge >= 0.3 is 0 Å². The van der Waals surface area contributed by atoms with Crippen LogP contribution in [0.2, 0.25) is 10.0 Å². The number of hydrazone groups is 1. The van der Waals surface area contributed by atoms with Gasteiger partial charge in [-0.15, -0.1) is 0 Å². The van der Waals surface area contributed by atoms with Crippen LogP contribution in [0.3, 0.4) is 0 Å². The highest BCUT2D eigenvalue weighted by molar-refractivity contribution is 6.42. The van der Waals surface area contributed by atoms with Crippen LogP contribution in [0, 0.1) is 0 Å². The second kappa shape index (κ2) is 9.11. The van der Waals surface area contributed by atoms with E-state index in [9.17, 15) is 4.79 Å². The average Bonchev–Trinajstić information content (AvgIpc) is 2.57. The molecule has 0 fully saturated rings.